The number of morpholine rings is 1. The smallest absolute Gasteiger partial charge is 0.132 e. The van der Waals surface area contributed by atoms with E-state index in [9.17, 15) is 0 Å². The molecule has 2 rings (SSSR count). The third-order valence-electron chi connectivity index (χ3n) is 3.04. The Labute approximate surface area is 102 Å². The number of hydrogen-bond acceptors (Lipinski definition) is 5. The summed E-state index contributed by atoms with van der Waals surface area (Å²) in [6.45, 7) is 7.95. The van der Waals surface area contributed by atoms with Crippen LogP contribution in [0.3, 0.4) is 0 Å². The largest absolute Gasteiger partial charge is 0.378 e. The Bertz CT molecular complexity index is 377. The Morgan fingerprint density at radius 3 is 2.76 bits per heavy atom. The number of anilines is 1. The van der Waals surface area contributed by atoms with Gasteiger partial charge in [0.05, 0.1) is 18.9 Å². The first kappa shape index (κ1) is 12.3. The summed E-state index contributed by atoms with van der Waals surface area (Å²) in [5.41, 5.74) is 6.72. The average molecular weight is 236 g/mol. The predicted molar refractivity (Wildman–Crippen MR) is 67.3 cm³/mol. The Morgan fingerprint density at radius 2 is 2.12 bits per heavy atom. The standard InChI is InChI=1S/C12H20N4O/c1-9(8-13)11-7-12(15-10(2)14-11)16-3-5-17-6-4-16/h7,9H,3-6,8,13H2,1-2H3. The van der Waals surface area contributed by atoms with Gasteiger partial charge in [-0.2, -0.15) is 0 Å². The molecule has 1 unspecified atom stereocenters. The highest BCUT2D eigenvalue weighted by Gasteiger charge is 2.15. The maximum atomic E-state index is 5.69. The first-order valence-electron chi connectivity index (χ1n) is 6.09. The second-order valence-corrected chi connectivity index (χ2v) is 4.43. The zero-order valence-corrected chi connectivity index (χ0v) is 10.5. The van der Waals surface area contributed by atoms with Gasteiger partial charge in [-0.15, -0.1) is 0 Å². The number of ether oxygens (including phenoxy) is 1. The summed E-state index contributed by atoms with van der Waals surface area (Å²) >= 11 is 0. The van der Waals surface area contributed by atoms with Crippen LogP contribution in [0.4, 0.5) is 5.82 Å². The molecule has 1 aliphatic heterocycles. The molecule has 0 amide bonds. The van der Waals surface area contributed by atoms with Gasteiger partial charge in [-0.25, -0.2) is 9.97 Å². The van der Waals surface area contributed by atoms with E-state index in [1.165, 1.54) is 0 Å². The summed E-state index contributed by atoms with van der Waals surface area (Å²) in [5.74, 6) is 2.08. The van der Waals surface area contributed by atoms with Crippen molar-refractivity contribution in [3.8, 4) is 0 Å². The van der Waals surface area contributed by atoms with Gasteiger partial charge >= 0.3 is 0 Å². The molecule has 17 heavy (non-hydrogen) atoms. The van der Waals surface area contributed by atoms with Crippen LogP contribution in [0.2, 0.25) is 0 Å². The molecule has 5 nitrogen and oxygen atoms in total. The molecule has 0 radical (unpaired) electrons. The quantitative estimate of drug-likeness (QED) is 0.836. The molecular weight excluding hydrogens is 216 g/mol. The average Bonchev–Trinajstić information content (AvgIpc) is 2.38. The van der Waals surface area contributed by atoms with Crippen molar-refractivity contribution in [2.45, 2.75) is 19.8 Å². The van der Waals surface area contributed by atoms with E-state index in [1.54, 1.807) is 0 Å². The van der Waals surface area contributed by atoms with Crippen LogP contribution in [0, 0.1) is 6.92 Å². The first-order valence-corrected chi connectivity index (χ1v) is 6.09. The monoisotopic (exact) mass is 236 g/mol. The molecule has 0 saturated carbocycles. The van der Waals surface area contributed by atoms with Crippen LogP contribution in [-0.4, -0.2) is 42.8 Å². The van der Waals surface area contributed by atoms with Crippen LogP contribution in [0.25, 0.3) is 0 Å². The van der Waals surface area contributed by atoms with E-state index < -0.39 is 0 Å². The van der Waals surface area contributed by atoms with Gasteiger partial charge in [-0.3, -0.25) is 0 Å². The van der Waals surface area contributed by atoms with Crippen LogP contribution >= 0.6 is 0 Å². The van der Waals surface area contributed by atoms with Crippen molar-refractivity contribution in [2.75, 3.05) is 37.7 Å². The fourth-order valence-corrected chi connectivity index (χ4v) is 1.90. The van der Waals surface area contributed by atoms with Crippen molar-refractivity contribution in [3.63, 3.8) is 0 Å². The number of hydrogen-bond donors (Lipinski definition) is 1. The molecule has 0 aromatic carbocycles. The van der Waals surface area contributed by atoms with Gasteiger partial charge < -0.3 is 15.4 Å². The molecule has 94 valence electrons. The van der Waals surface area contributed by atoms with Gasteiger partial charge in [-0.05, 0) is 6.92 Å². The molecule has 1 aromatic heterocycles. The minimum Gasteiger partial charge on any atom is -0.378 e. The fraction of sp³-hybridized carbons (Fsp3) is 0.667. The molecule has 5 heteroatoms. The highest BCUT2D eigenvalue weighted by Crippen LogP contribution is 2.19. The molecule has 1 aliphatic rings. The van der Waals surface area contributed by atoms with Crippen molar-refractivity contribution in [3.05, 3.63) is 17.6 Å². The maximum absolute atomic E-state index is 5.69. The van der Waals surface area contributed by atoms with E-state index in [0.29, 0.717) is 6.54 Å². The summed E-state index contributed by atoms with van der Waals surface area (Å²) < 4.78 is 5.35. The topological polar surface area (TPSA) is 64.3 Å². The second kappa shape index (κ2) is 5.42. The minimum absolute atomic E-state index is 0.275. The predicted octanol–water partition coefficient (Wildman–Crippen LogP) is 0.684. The molecular formula is C12H20N4O. The van der Waals surface area contributed by atoms with Gasteiger partial charge in [0, 0.05) is 31.6 Å². The minimum atomic E-state index is 0.275. The van der Waals surface area contributed by atoms with E-state index in [2.05, 4.69) is 27.9 Å². The lowest BCUT2D eigenvalue weighted by Gasteiger charge is -2.28. The zero-order chi connectivity index (χ0) is 12.3. The number of rotatable bonds is 3. The number of aryl methyl sites for hydroxylation is 1. The van der Waals surface area contributed by atoms with Crippen molar-refractivity contribution < 1.29 is 4.74 Å². The van der Waals surface area contributed by atoms with Gasteiger partial charge in [0.15, 0.2) is 0 Å². The number of nitrogens with two attached hydrogens (primary N) is 1. The van der Waals surface area contributed by atoms with Crippen LogP contribution in [-0.2, 0) is 4.74 Å². The Kier molecular flexibility index (Phi) is 3.91. The molecule has 0 bridgehead atoms. The van der Waals surface area contributed by atoms with E-state index in [4.69, 9.17) is 10.5 Å². The molecule has 2 N–H and O–H groups in total. The normalized spacial score (nSPS) is 18.2. The SMILES string of the molecule is Cc1nc(C(C)CN)cc(N2CCOCC2)n1. The van der Waals surface area contributed by atoms with E-state index in [0.717, 1.165) is 43.6 Å². The van der Waals surface area contributed by atoms with Gasteiger partial charge in [0.25, 0.3) is 0 Å². The number of nitrogens with zero attached hydrogens (tertiary/aromatic N) is 3. The van der Waals surface area contributed by atoms with Gasteiger partial charge in [-0.1, -0.05) is 6.92 Å². The summed E-state index contributed by atoms with van der Waals surface area (Å²) in [6.07, 6.45) is 0. The molecule has 0 spiro atoms. The Morgan fingerprint density at radius 1 is 1.41 bits per heavy atom. The van der Waals surface area contributed by atoms with Crippen LogP contribution in [0.5, 0.6) is 0 Å². The lowest BCUT2D eigenvalue weighted by Crippen LogP contribution is -2.37. The van der Waals surface area contributed by atoms with Crippen molar-refractivity contribution in [1.82, 2.24) is 9.97 Å². The highest BCUT2D eigenvalue weighted by molar-refractivity contribution is 5.41. The van der Waals surface area contributed by atoms with Crippen LogP contribution < -0.4 is 10.6 Å². The van der Waals surface area contributed by atoms with Crippen molar-refractivity contribution in [1.29, 1.82) is 0 Å². The summed E-state index contributed by atoms with van der Waals surface area (Å²) in [7, 11) is 0. The highest BCUT2D eigenvalue weighted by atomic mass is 16.5. The molecule has 1 atom stereocenters. The molecule has 2 heterocycles. The lowest BCUT2D eigenvalue weighted by molar-refractivity contribution is 0.122. The third-order valence-corrected chi connectivity index (χ3v) is 3.04. The van der Waals surface area contributed by atoms with Gasteiger partial charge in [0.2, 0.25) is 0 Å². The van der Waals surface area contributed by atoms with E-state index in [-0.39, 0.29) is 5.92 Å². The zero-order valence-electron chi connectivity index (χ0n) is 10.5. The number of aromatic nitrogens is 2. The summed E-state index contributed by atoms with van der Waals surface area (Å²) in [5, 5.41) is 0. The molecule has 1 saturated heterocycles. The second-order valence-electron chi connectivity index (χ2n) is 4.43. The van der Waals surface area contributed by atoms with E-state index in [1.807, 2.05) is 6.92 Å². The maximum Gasteiger partial charge on any atom is 0.132 e. The molecule has 1 fully saturated rings. The Hall–Kier alpha value is -1.20. The third kappa shape index (κ3) is 2.92. The summed E-state index contributed by atoms with van der Waals surface area (Å²) in [4.78, 5) is 11.2. The molecule has 1 aromatic rings. The van der Waals surface area contributed by atoms with Crippen molar-refractivity contribution in [2.24, 2.45) is 5.73 Å². The van der Waals surface area contributed by atoms with Gasteiger partial charge in [0.1, 0.15) is 11.6 Å². The fourth-order valence-electron chi connectivity index (χ4n) is 1.90. The van der Waals surface area contributed by atoms with E-state index >= 15 is 0 Å². The molecule has 0 aliphatic carbocycles. The van der Waals surface area contributed by atoms with Crippen LogP contribution in [0.15, 0.2) is 6.07 Å². The van der Waals surface area contributed by atoms with Crippen LogP contribution in [0.1, 0.15) is 24.4 Å². The first-order chi connectivity index (χ1) is 8.20. The van der Waals surface area contributed by atoms with Crippen molar-refractivity contribution >= 4 is 5.82 Å². The summed E-state index contributed by atoms with van der Waals surface area (Å²) in [6, 6.07) is 2.05. The lowest BCUT2D eigenvalue weighted by atomic mass is 10.1. The Balaban J connectivity index is 2.24.